The summed E-state index contributed by atoms with van der Waals surface area (Å²) in [5, 5.41) is 0. The molecule has 6 heteroatoms. The van der Waals surface area contributed by atoms with Crippen molar-refractivity contribution in [2.75, 3.05) is 19.3 Å². The van der Waals surface area contributed by atoms with Crippen molar-refractivity contribution in [3.8, 4) is 5.75 Å². The topological polar surface area (TPSA) is 63.7 Å². The van der Waals surface area contributed by atoms with Crippen LogP contribution < -0.4 is 4.74 Å². The van der Waals surface area contributed by atoms with Gasteiger partial charge < -0.3 is 9.64 Å². The van der Waals surface area contributed by atoms with E-state index in [4.69, 9.17) is 4.74 Å². The minimum absolute atomic E-state index is 0.0239. The standard InChI is InChI=1S/C19H21NO4S/c1-14-3-7-16(8-4-14)24-17-12-20(13-17)19(21)11-15-5-9-18(10-6-15)25(2,22)23/h3-10,17H,11-13H2,1-2H3. The number of hydrogen-bond acceptors (Lipinski definition) is 4. The molecule has 25 heavy (non-hydrogen) atoms. The molecule has 5 nitrogen and oxygen atoms in total. The number of sulfone groups is 1. The van der Waals surface area contributed by atoms with E-state index in [1.54, 1.807) is 17.0 Å². The summed E-state index contributed by atoms with van der Waals surface area (Å²) in [5.74, 6) is 0.843. The normalized spacial score (nSPS) is 14.9. The van der Waals surface area contributed by atoms with Gasteiger partial charge in [-0.15, -0.1) is 0 Å². The van der Waals surface area contributed by atoms with Gasteiger partial charge in [-0.1, -0.05) is 29.8 Å². The van der Waals surface area contributed by atoms with Crippen LogP contribution in [0, 0.1) is 6.92 Å². The van der Waals surface area contributed by atoms with Crippen LogP contribution in [0.2, 0.25) is 0 Å². The molecule has 0 N–H and O–H groups in total. The van der Waals surface area contributed by atoms with Gasteiger partial charge in [0.25, 0.3) is 0 Å². The van der Waals surface area contributed by atoms with E-state index in [0.717, 1.165) is 11.3 Å². The van der Waals surface area contributed by atoms with Crippen molar-refractivity contribution < 1.29 is 17.9 Å². The molecule has 1 aliphatic rings. The number of carbonyl (C=O) groups excluding carboxylic acids is 1. The molecule has 1 fully saturated rings. The van der Waals surface area contributed by atoms with Crippen LogP contribution in [0.4, 0.5) is 0 Å². The molecule has 0 unspecified atom stereocenters. The zero-order valence-corrected chi connectivity index (χ0v) is 15.1. The average molecular weight is 359 g/mol. The Kier molecular flexibility index (Phi) is 4.81. The van der Waals surface area contributed by atoms with Crippen LogP contribution in [0.3, 0.4) is 0 Å². The highest BCUT2D eigenvalue weighted by Gasteiger charge is 2.32. The van der Waals surface area contributed by atoms with E-state index < -0.39 is 9.84 Å². The number of ether oxygens (including phenoxy) is 1. The van der Waals surface area contributed by atoms with Crippen molar-refractivity contribution >= 4 is 15.7 Å². The predicted octanol–water partition coefficient (Wildman–Crippen LogP) is 2.23. The Balaban J connectivity index is 1.49. The zero-order valence-electron chi connectivity index (χ0n) is 14.3. The van der Waals surface area contributed by atoms with Crippen molar-refractivity contribution in [2.24, 2.45) is 0 Å². The third-order valence-corrected chi connectivity index (χ3v) is 5.36. The maximum atomic E-state index is 12.3. The molecular formula is C19H21NO4S. The van der Waals surface area contributed by atoms with Crippen molar-refractivity contribution in [1.82, 2.24) is 4.90 Å². The van der Waals surface area contributed by atoms with Crippen molar-refractivity contribution in [2.45, 2.75) is 24.3 Å². The van der Waals surface area contributed by atoms with Crippen molar-refractivity contribution in [3.63, 3.8) is 0 Å². The van der Waals surface area contributed by atoms with Gasteiger partial charge in [0, 0.05) is 6.26 Å². The summed E-state index contributed by atoms with van der Waals surface area (Å²) in [5.41, 5.74) is 1.99. The van der Waals surface area contributed by atoms with Gasteiger partial charge in [-0.2, -0.15) is 0 Å². The van der Waals surface area contributed by atoms with Gasteiger partial charge in [0.15, 0.2) is 9.84 Å². The van der Waals surface area contributed by atoms with E-state index in [1.165, 1.54) is 24.0 Å². The molecule has 0 radical (unpaired) electrons. The van der Waals surface area contributed by atoms with Crippen LogP contribution in [0.25, 0.3) is 0 Å². The highest BCUT2D eigenvalue weighted by Crippen LogP contribution is 2.20. The van der Waals surface area contributed by atoms with Gasteiger partial charge in [-0.25, -0.2) is 8.42 Å². The van der Waals surface area contributed by atoms with Crippen LogP contribution in [-0.4, -0.2) is 44.7 Å². The molecule has 2 aromatic rings. The number of aryl methyl sites for hydroxylation is 1. The fraction of sp³-hybridized carbons (Fsp3) is 0.316. The van der Waals surface area contributed by atoms with Gasteiger partial charge in [0.2, 0.25) is 5.91 Å². The summed E-state index contributed by atoms with van der Waals surface area (Å²) in [6.07, 6.45) is 1.46. The summed E-state index contributed by atoms with van der Waals surface area (Å²) in [4.78, 5) is 14.3. The summed E-state index contributed by atoms with van der Waals surface area (Å²) in [7, 11) is -3.21. The number of nitrogens with zero attached hydrogens (tertiary/aromatic N) is 1. The fourth-order valence-corrected chi connectivity index (χ4v) is 3.30. The molecular weight excluding hydrogens is 338 g/mol. The number of amides is 1. The SMILES string of the molecule is Cc1ccc(OC2CN(C(=O)Cc3ccc(S(C)(=O)=O)cc3)C2)cc1. The van der Waals surface area contributed by atoms with Gasteiger partial charge in [0.1, 0.15) is 11.9 Å². The first kappa shape index (κ1) is 17.5. The maximum absolute atomic E-state index is 12.3. The Hall–Kier alpha value is -2.34. The first-order valence-electron chi connectivity index (χ1n) is 8.11. The molecule has 2 aromatic carbocycles. The van der Waals surface area contributed by atoms with Gasteiger partial charge in [-0.05, 0) is 36.8 Å². The molecule has 1 aliphatic heterocycles. The van der Waals surface area contributed by atoms with Gasteiger partial charge in [-0.3, -0.25) is 4.79 Å². The van der Waals surface area contributed by atoms with Crippen molar-refractivity contribution in [1.29, 1.82) is 0 Å². The predicted molar refractivity (Wildman–Crippen MR) is 95.4 cm³/mol. The molecule has 3 rings (SSSR count). The Morgan fingerprint density at radius 1 is 1.08 bits per heavy atom. The van der Waals surface area contributed by atoms with Crippen LogP contribution in [0.15, 0.2) is 53.4 Å². The molecule has 1 amide bonds. The second kappa shape index (κ2) is 6.88. The van der Waals surface area contributed by atoms with E-state index in [-0.39, 0.29) is 23.3 Å². The molecule has 0 atom stereocenters. The molecule has 0 saturated carbocycles. The van der Waals surface area contributed by atoms with Crippen LogP contribution in [-0.2, 0) is 21.1 Å². The minimum atomic E-state index is -3.21. The van der Waals surface area contributed by atoms with Gasteiger partial charge >= 0.3 is 0 Å². The lowest BCUT2D eigenvalue weighted by Crippen LogP contribution is -2.56. The van der Waals surface area contributed by atoms with E-state index >= 15 is 0 Å². The molecule has 1 saturated heterocycles. The first-order valence-corrected chi connectivity index (χ1v) is 10.0. The lowest BCUT2D eigenvalue weighted by molar-refractivity contribution is -0.139. The molecule has 0 spiro atoms. The highest BCUT2D eigenvalue weighted by molar-refractivity contribution is 7.90. The van der Waals surface area contributed by atoms with Crippen molar-refractivity contribution in [3.05, 3.63) is 59.7 Å². The fourth-order valence-electron chi connectivity index (χ4n) is 2.67. The average Bonchev–Trinajstić information content (AvgIpc) is 2.51. The lowest BCUT2D eigenvalue weighted by Gasteiger charge is -2.39. The summed E-state index contributed by atoms with van der Waals surface area (Å²) >= 11 is 0. The van der Waals surface area contributed by atoms with E-state index in [2.05, 4.69) is 0 Å². The Morgan fingerprint density at radius 3 is 2.24 bits per heavy atom. The smallest absolute Gasteiger partial charge is 0.227 e. The van der Waals surface area contributed by atoms with Crippen LogP contribution in [0.5, 0.6) is 5.75 Å². The summed E-state index contributed by atoms with van der Waals surface area (Å²) in [6, 6.07) is 14.3. The monoisotopic (exact) mass is 359 g/mol. The molecule has 0 aromatic heterocycles. The Bertz CT molecular complexity index is 851. The first-order chi connectivity index (χ1) is 11.8. The third-order valence-electron chi connectivity index (χ3n) is 4.23. The molecule has 132 valence electrons. The summed E-state index contributed by atoms with van der Waals surface area (Å²) < 4.78 is 28.7. The molecule has 1 heterocycles. The van der Waals surface area contributed by atoms with Crippen LogP contribution >= 0.6 is 0 Å². The quantitative estimate of drug-likeness (QED) is 0.821. The number of benzene rings is 2. The second-order valence-corrected chi connectivity index (χ2v) is 8.46. The largest absolute Gasteiger partial charge is 0.487 e. The Morgan fingerprint density at radius 2 is 1.68 bits per heavy atom. The van der Waals surface area contributed by atoms with E-state index in [9.17, 15) is 13.2 Å². The molecule has 0 aliphatic carbocycles. The lowest BCUT2D eigenvalue weighted by atomic mass is 10.1. The van der Waals surface area contributed by atoms with E-state index in [1.807, 2.05) is 31.2 Å². The maximum Gasteiger partial charge on any atom is 0.227 e. The molecule has 0 bridgehead atoms. The Labute approximate surface area is 148 Å². The van der Waals surface area contributed by atoms with E-state index in [0.29, 0.717) is 13.1 Å². The minimum Gasteiger partial charge on any atom is -0.487 e. The number of rotatable bonds is 5. The zero-order chi connectivity index (χ0) is 18.0. The number of carbonyl (C=O) groups is 1. The van der Waals surface area contributed by atoms with Crippen LogP contribution in [0.1, 0.15) is 11.1 Å². The third kappa shape index (κ3) is 4.39. The summed E-state index contributed by atoms with van der Waals surface area (Å²) in [6.45, 7) is 3.18. The second-order valence-electron chi connectivity index (χ2n) is 6.44. The number of hydrogen-bond donors (Lipinski definition) is 0. The highest BCUT2D eigenvalue weighted by atomic mass is 32.2. The number of likely N-dealkylation sites (tertiary alicyclic amines) is 1. The van der Waals surface area contributed by atoms with Gasteiger partial charge in [0.05, 0.1) is 24.4 Å².